The van der Waals surface area contributed by atoms with Crippen molar-refractivity contribution in [2.24, 2.45) is 0 Å². The number of pyridine rings is 1. The topological polar surface area (TPSA) is 82.6 Å². The van der Waals surface area contributed by atoms with Crippen molar-refractivity contribution in [3.63, 3.8) is 0 Å². The number of benzene rings is 1. The van der Waals surface area contributed by atoms with E-state index in [1.165, 1.54) is 0 Å². The van der Waals surface area contributed by atoms with E-state index < -0.39 is 10.0 Å². The van der Waals surface area contributed by atoms with Crippen molar-refractivity contribution in [2.45, 2.75) is 18.8 Å². The van der Waals surface area contributed by atoms with Crippen LogP contribution in [0.4, 0.5) is 11.5 Å². The summed E-state index contributed by atoms with van der Waals surface area (Å²) in [6.45, 7) is 6.42. The van der Waals surface area contributed by atoms with Crippen LogP contribution in [0.3, 0.4) is 0 Å². The summed E-state index contributed by atoms with van der Waals surface area (Å²) in [5.41, 5.74) is 2.40. The quantitative estimate of drug-likeness (QED) is 0.763. The lowest BCUT2D eigenvalue weighted by Crippen LogP contribution is -2.51. The average molecular weight is 447 g/mol. The summed E-state index contributed by atoms with van der Waals surface area (Å²) in [5.74, 6) is 0.521. The van der Waals surface area contributed by atoms with Crippen LogP contribution in [0.1, 0.15) is 24.5 Å². The number of amides is 1. The molecule has 2 aliphatic heterocycles. The smallest absolute Gasteiger partial charge is 0.242 e. The number of hydrogen-bond acceptors (Lipinski definition) is 5. The van der Waals surface area contributed by atoms with E-state index in [9.17, 15) is 13.2 Å². The van der Waals surface area contributed by atoms with Gasteiger partial charge in [0.05, 0.1) is 6.54 Å². The highest BCUT2D eigenvalue weighted by Crippen LogP contribution is 2.47. The molecule has 2 aromatic rings. The Morgan fingerprint density at radius 1 is 1.33 bits per heavy atom. The fourth-order valence-electron chi connectivity index (χ4n) is 4.32. The minimum atomic E-state index is -3.61. The Kier molecular flexibility index (Phi) is 5.34. The highest BCUT2D eigenvalue weighted by atomic mass is 35.5. The lowest BCUT2D eigenvalue weighted by molar-refractivity contribution is -0.119. The summed E-state index contributed by atoms with van der Waals surface area (Å²) in [6, 6.07) is 9.63. The Labute approximate surface area is 181 Å². The number of anilines is 2. The van der Waals surface area contributed by atoms with Gasteiger partial charge in [-0.05, 0) is 30.2 Å². The van der Waals surface area contributed by atoms with Crippen molar-refractivity contribution >= 4 is 39.0 Å². The number of carbonyl (C=O) groups is 1. The van der Waals surface area contributed by atoms with Crippen molar-refractivity contribution in [1.82, 2.24) is 9.29 Å². The minimum absolute atomic E-state index is 0.197. The zero-order valence-corrected chi connectivity index (χ0v) is 18.2. The minimum Gasteiger partial charge on any atom is -0.369 e. The van der Waals surface area contributed by atoms with Gasteiger partial charge in [0.1, 0.15) is 5.82 Å². The molecule has 1 unspecified atom stereocenters. The van der Waals surface area contributed by atoms with E-state index in [4.69, 9.17) is 11.6 Å². The molecule has 1 amide bonds. The molecule has 0 saturated carbocycles. The third-order valence-electron chi connectivity index (χ3n) is 6.01. The van der Waals surface area contributed by atoms with Crippen LogP contribution in [-0.4, -0.2) is 49.8 Å². The van der Waals surface area contributed by atoms with Gasteiger partial charge >= 0.3 is 0 Å². The van der Waals surface area contributed by atoms with E-state index in [0.717, 1.165) is 38.8 Å². The number of hydrogen-bond donors (Lipinski definition) is 1. The van der Waals surface area contributed by atoms with E-state index in [1.54, 1.807) is 17.2 Å². The number of fused-ring (bicyclic) bond motifs is 1. The molecule has 7 nitrogen and oxygen atoms in total. The molecule has 0 aliphatic carbocycles. The van der Waals surface area contributed by atoms with Gasteiger partial charge in [0.25, 0.3) is 0 Å². The molecule has 0 bridgehead atoms. The highest BCUT2D eigenvalue weighted by molar-refractivity contribution is 7.92. The second-order valence-corrected chi connectivity index (χ2v) is 9.73. The first-order valence-electron chi connectivity index (χ1n) is 9.75. The van der Waals surface area contributed by atoms with E-state index in [0.29, 0.717) is 11.6 Å². The molecule has 3 heterocycles. The first-order valence-corrected chi connectivity index (χ1v) is 11.6. The second kappa shape index (κ2) is 7.68. The molecule has 1 saturated heterocycles. The number of aromatic nitrogens is 1. The molecule has 2 aliphatic rings. The van der Waals surface area contributed by atoms with Crippen LogP contribution < -0.4 is 10.2 Å². The molecule has 1 fully saturated rings. The van der Waals surface area contributed by atoms with Gasteiger partial charge in [-0.25, -0.2) is 13.4 Å². The lowest BCUT2D eigenvalue weighted by Gasteiger charge is -2.34. The molecule has 9 heteroatoms. The van der Waals surface area contributed by atoms with E-state index in [1.807, 2.05) is 24.3 Å². The zero-order valence-electron chi connectivity index (χ0n) is 16.6. The molecule has 30 heavy (non-hydrogen) atoms. The number of carbonyl (C=O) groups excluding carboxylic acids is 1. The number of nitrogens with zero attached hydrogens (tertiary/aromatic N) is 3. The largest absolute Gasteiger partial charge is 0.369 e. The Bertz CT molecular complexity index is 1120. The van der Waals surface area contributed by atoms with Gasteiger partial charge in [0.2, 0.25) is 15.9 Å². The summed E-state index contributed by atoms with van der Waals surface area (Å²) >= 11 is 6.55. The van der Waals surface area contributed by atoms with Crippen molar-refractivity contribution in [2.75, 3.05) is 36.4 Å². The third-order valence-corrected chi connectivity index (χ3v) is 7.77. The van der Waals surface area contributed by atoms with Crippen LogP contribution in [0.25, 0.3) is 0 Å². The van der Waals surface area contributed by atoms with Gasteiger partial charge in [0, 0.05) is 52.9 Å². The van der Waals surface area contributed by atoms with Crippen LogP contribution in [0.15, 0.2) is 48.5 Å². The zero-order chi connectivity index (χ0) is 21.5. The Morgan fingerprint density at radius 3 is 2.83 bits per heavy atom. The van der Waals surface area contributed by atoms with E-state index >= 15 is 0 Å². The fraction of sp³-hybridized carbons (Fsp3) is 0.333. The first-order chi connectivity index (χ1) is 14.3. The number of rotatable bonds is 5. The maximum atomic E-state index is 12.7. The van der Waals surface area contributed by atoms with Crippen molar-refractivity contribution in [1.29, 1.82) is 0 Å². The molecule has 1 N–H and O–H groups in total. The van der Waals surface area contributed by atoms with Crippen LogP contribution in [0, 0.1) is 0 Å². The monoisotopic (exact) mass is 446 g/mol. The van der Waals surface area contributed by atoms with Gasteiger partial charge < -0.3 is 10.2 Å². The Morgan fingerprint density at radius 2 is 2.13 bits per heavy atom. The maximum Gasteiger partial charge on any atom is 0.242 e. The molecule has 4 rings (SSSR count). The molecular formula is C21H23ClN4O3S. The lowest BCUT2D eigenvalue weighted by atomic mass is 9.74. The number of halogens is 1. The van der Waals surface area contributed by atoms with Crippen molar-refractivity contribution in [3.05, 3.63) is 64.7 Å². The summed E-state index contributed by atoms with van der Waals surface area (Å²) in [5, 5.41) is 4.90. The van der Waals surface area contributed by atoms with Crippen molar-refractivity contribution in [3.8, 4) is 0 Å². The average Bonchev–Trinajstić information content (AvgIpc) is 3.15. The third kappa shape index (κ3) is 3.29. The first kappa shape index (κ1) is 20.8. The van der Waals surface area contributed by atoms with Gasteiger partial charge in [0.15, 0.2) is 0 Å². The molecule has 1 atom stereocenters. The van der Waals surface area contributed by atoms with Crippen LogP contribution in [0.5, 0.6) is 0 Å². The molecular weight excluding hydrogens is 424 g/mol. The van der Waals surface area contributed by atoms with E-state index in [-0.39, 0.29) is 31.0 Å². The summed E-state index contributed by atoms with van der Waals surface area (Å²) in [4.78, 5) is 18.8. The number of nitrogens with one attached hydrogen (secondary N) is 1. The molecule has 0 spiro atoms. The fourth-order valence-corrected chi connectivity index (χ4v) is 5.49. The molecule has 1 aromatic carbocycles. The SMILES string of the molecule is C=CS(=O)(=O)N1CCN(c2cccc(C3(CC)CNc4nccc(Cl)c43)c2)C(=O)C1. The van der Waals surface area contributed by atoms with Crippen LogP contribution in [-0.2, 0) is 20.2 Å². The van der Waals surface area contributed by atoms with Crippen LogP contribution in [0.2, 0.25) is 5.02 Å². The normalized spacial score (nSPS) is 21.9. The predicted molar refractivity (Wildman–Crippen MR) is 118 cm³/mol. The summed E-state index contributed by atoms with van der Waals surface area (Å²) in [6.07, 6.45) is 2.49. The number of piperazine rings is 1. The summed E-state index contributed by atoms with van der Waals surface area (Å²) in [7, 11) is -3.61. The Balaban J connectivity index is 1.68. The number of sulfonamides is 1. The van der Waals surface area contributed by atoms with Crippen LogP contribution >= 0.6 is 11.6 Å². The Hall–Kier alpha value is -2.42. The van der Waals surface area contributed by atoms with E-state index in [2.05, 4.69) is 23.8 Å². The van der Waals surface area contributed by atoms with Gasteiger partial charge in [-0.1, -0.05) is 37.2 Å². The van der Waals surface area contributed by atoms with Gasteiger partial charge in [-0.15, -0.1) is 0 Å². The second-order valence-electron chi connectivity index (χ2n) is 7.45. The highest BCUT2D eigenvalue weighted by Gasteiger charge is 2.42. The standard InChI is InChI=1S/C21H23ClN4O3S/c1-3-21(14-24-20-19(21)17(22)8-9-23-20)15-6-5-7-16(12-15)26-11-10-25(13-18(26)27)30(28,29)4-2/h4-9,12H,2-3,10-11,13-14H2,1H3,(H,23,24). The van der Waals surface area contributed by atoms with Crippen molar-refractivity contribution < 1.29 is 13.2 Å². The molecule has 158 valence electrons. The summed E-state index contributed by atoms with van der Waals surface area (Å²) < 4.78 is 25.2. The molecule has 0 radical (unpaired) electrons. The predicted octanol–water partition coefficient (Wildman–Crippen LogP) is 2.98. The maximum absolute atomic E-state index is 12.7. The van der Waals surface area contributed by atoms with Gasteiger partial charge in [-0.3, -0.25) is 4.79 Å². The van der Waals surface area contributed by atoms with Gasteiger partial charge in [-0.2, -0.15) is 4.31 Å². The molecule has 1 aromatic heterocycles.